The molecule has 1 amide bonds. The van der Waals surface area contributed by atoms with Crippen LogP contribution in [-0.2, 0) is 22.4 Å². The predicted octanol–water partition coefficient (Wildman–Crippen LogP) is 2.36. The van der Waals surface area contributed by atoms with Crippen LogP contribution < -0.4 is 10.1 Å². The molecule has 24 heavy (non-hydrogen) atoms. The second kappa shape index (κ2) is 8.15. The van der Waals surface area contributed by atoms with Crippen LogP contribution in [-0.4, -0.2) is 30.1 Å². The molecule has 5 heteroatoms. The Morgan fingerprint density at radius 3 is 2.46 bits per heavy atom. The van der Waals surface area contributed by atoms with E-state index in [4.69, 9.17) is 4.74 Å². The molecule has 2 aromatic rings. The first-order valence-corrected chi connectivity index (χ1v) is 7.69. The number of carbonyl (C=O) groups excluding carboxylic acids is 1. The lowest BCUT2D eigenvalue weighted by molar-refractivity contribution is -0.141. The molecule has 0 unspecified atom stereocenters. The molecule has 1 atom stereocenters. The van der Waals surface area contributed by atoms with E-state index in [0.29, 0.717) is 5.75 Å². The summed E-state index contributed by atoms with van der Waals surface area (Å²) < 4.78 is 5.24. The van der Waals surface area contributed by atoms with Crippen molar-refractivity contribution in [2.24, 2.45) is 0 Å². The van der Waals surface area contributed by atoms with Crippen LogP contribution in [0.5, 0.6) is 5.75 Å². The molecule has 2 N–H and O–H groups in total. The Hall–Kier alpha value is -2.82. The summed E-state index contributed by atoms with van der Waals surface area (Å²) in [6, 6.07) is 13.8. The maximum Gasteiger partial charge on any atom is 0.326 e. The Labute approximate surface area is 141 Å². The van der Waals surface area contributed by atoms with E-state index < -0.39 is 12.0 Å². The molecule has 0 aliphatic heterocycles. The number of carboxylic acids is 1. The van der Waals surface area contributed by atoms with Crippen molar-refractivity contribution < 1.29 is 19.4 Å². The smallest absolute Gasteiger partial charge is 0.326 e. The van der Waals surface area contributed by atoms with Crippen LogP contribution in [0.25, 0.3) is 0 Å². The third kappa shape index (κ3) is 4.84. The minimum atomic E-state index is -1.05. The van der Waals surface area contributed by atoms with E-state index in [1.165, 1.54) is 0 Å². The number of methoxy groups -OCH3 is 1. The number of hydrogen-bond donors (Lipinski definition) is 2. The fourth-order valence-corrected chi connectivity index (χ4v) is 2.46. The number of amides is 1. The van der Waals surface area contributed by atoms with E-state index in [1.54, 1.807) is 13.2 Å². The number of carbonyl (C=O) groups is 2. The van der Waals surface area contributed by atoms with Gasteiger partial charge in [0.2, 0.25) is 5.91 Å². The molecule has 0 bridgehead atoms. The van der Waals surface area contributed by atoms with Gasteiger partial charge in [-0.1, -0.05) is 42.5 Å². The first-order chi connectivity index (χ1) is 11.5. The molecule has 0 radical (unpaired) electrons. The Morgan fingerprint density at radius 1 is 1.12 bits per heavy atom. The molecule has 0 fully saturated rings. The minimum Gasteiger partial charge on any atom is -0.496 e. The standard InChI is InChI=1S/C19H21NO4/c1-13-8-9-15(11-17(13)24-2)12-18(21)20-16(19(22)23)10-14-6-4-3-5-7-14/h3-9,11,16H,10,12H2,1-2H3,(H,20,21)(H,22,23)/t16-/m1/s1. The van der Waals surface area contributed by atoms with Crippen molar-refractivity contribution in [3.05, 3.63) is 65.2 Å². The van der Waals surface area contributed by atoms with Gasteiger partial charge in [-0.15, -0.1) is 0 Å². The van der Waals surface area contributed by atoms with Crippen LogP contribution in [0.1, 0.15) is 16.7 Å². The lowest BCUT2D eigenvalue weighted by Gasteiger charge is -2.15. The first-order valence-electron chi connectivity index (χ1n) is 7.69. The average molecular weight is 327 g/mol. The molecule has 0 heterocycles. The lowest BCUT2D eigenvalue weighted by atomic mass is 10.0. The fraction of sp³-hybridized carbons (Fsp3) is 0.263. The number of aryl methyl sites for hydroxylation is 1. The predicted molar refractivity (Wildman–Crippen MR) is 91.1 cm³/mol. The van der Waals surface area contributed by atoms with Gasteiger partial charge in [-0.05, 0) is 29.7 Å². The molecule has 0 aliphatic carbocycles. The molecule has 0 spiro atoms. The molecule has 0 aromatic heterocycles. The van der Waals surface area contributed by atoms with E-state index in [0.717, 1.165) is 16.7 Å². The zero-order chi connectivity index (χ0) is 17.5. The Kier molecular flexibility index (Phi) is 5.95. The zero-order valence-electron chi connectivity index (χ0n) is 13.8. The molecule has 5 nitrogen and oxygen atoms in total. The van der Waals surface area contributed by atoms with Crippen LogP contribution in [0, 0.1) is 6.92 Å². The van der Waals surface area contributed by atoms with Gasteiger partial charge in [0.25, 0.3) is 0 Å². The van der Waals surface area contributed by atoms with Crippen molar-refractivity contribution in [1.82, 2.24) is 5.32 Å². The number of hydrogen-bond acceptors (Lipinski definition) is 3. The highest BCUT2D eigenvalue weighted by Crippen LogP contribution is 2.19. The molecule has 126 valence electrons. The minimum absolute atomic E-state index is 0.106. The van der Waals surface area contributed by atoms with Gasteiger partial charge in [0.15, 0.2) is 0 Å². The Balaban J connectivity index is 2.01. The van der Waals surface area contributed by atoms with Crippen molar-refractivity contribution in [3.8, 4) is 5.75 Å². The summed E-state index contributed by atoms with van der Waals surface area (Å²) in [5, 5.41) is 11.9. The summed E-state index contributed by atoms with van der Waals surface area (Å²) >= 11 is 0. The number of carboxylic acid groups (broad SMARTS) is 1. The molecule has 0 saturated carbocycles. The van der Waals surface area contributed by atoms with Gasteiger partial charge in [-0.25, -0.2) is 4.79 Å². The van der Waals surface area contributed by atoms with Gasteiger partial charge >= 0.3 is 5.97 Å². The summed E-state index contributed by atoms with van der Waals surface area (Å²) in [5.41, 5.74) is 2.62. The molecular weight excluding hydrogens is 306 g/mol. The van der Waals surface area contributed by atoms with Crippen molar-refractivity contribution in [1.29, 1.82) is 0 Å². The summed E-state index contributed by atoms with van der Waals surface area (Å²) in [4.78, 5) is 23.6. The molecule has 0 aliphatic rings. The second-order valence-electron chi connectivity index (χ2n) is 5.63. The van der Waals surface area contributed by atoms with Crippen LogP contribution in [0.3, 0.4) is 0 Å². The maximum atomic E-state index is 12.2. The van der Waals surface area contributed by atoms with Gasteiger partial charge in [0.1, 0.15) is 11.8 Å². The summed E-state index contributed by atoms with van der Waals surface area (Å²) in [5.74, 6) is -0.669. The van der Waals surface area contributed by atoms with E-state index in [2.05, 4.69) is 5.32 Å². The number of rotatable bonds is 7. The van der Waals surface area contributed by atoms with Gasteiger partial charge < -0.3 is 15.2 Å². The fourth-order valence-electron chi connectivity index (χ4n) is 2.46. The highest BCUT2D eigenvalue weighted by Gasteiger charge is 2.20. The summed E-state index contributed by atoms with van der Waals surface area (Å²) in [6.45, 7) is 1.92. The molecular formula is C19H21NO4. The van der Waals surface area contributed by atoms with Gasteiger partial charge in [0, 0.05) is 6.42 Å². The van der Waals surface area contributed by atoms with Crippen LogP contribution in [0.15, 0.2) is 48.5 Å². The van der Waals surface area contributed by atoms with E-state index in [9.17, 15) is 14.7 Å². The van der Waals surface area contributed by atoms with E-state index in [1.807, 2.05) is 49.4 Å². The van der Waals surface area contributed by atoms with Crippen molar-refractivity contribution in [3.63, 3.8) is 0 Å². The SMILES string of the molecule is COc1cc(CC(=O)N[C@H](Cc2ccccc2)C(=O)O)ccc1C. The molecule has 0 saturated heterocycles. The number of benzene rings is 2. The largest absolute Gasteiger partial charge is 0.496 e. The van der Waals surface area contributed by atoms with E-state index >= 15 is 0 Å². The van der Waals surface area contributed by atoms with Crippen LogP contribution in [0.2, 0.25) is 0 Å². The number of ether oxygens (including phenoxy) is 1. The second-order valence-corrected chi connectivity index (χ2v) is 5.63. The average Bonchev–Trinajstić information content (AvgIpc) is 2.57. The Morgan fingerprint density at radius 2 is 1.83 bits per heavy atom. The van der Waals surface area contributed by atoms with Gasteiger partial charge in [-0.2, -0.15) is 0 Å². The van der Waals surface area contributed by atoms with Crippen LogP contribution in [0.4, 0.5) is 0 Å². The van der Waals surface area contributed by atoms with Gasteiger partial charge in [-0.3, -0.25) is 4.79 Å². The number of aliphatic carboxylic acids is 1. The van der Waals surface area contributed by atoms with Crippen LogP contribution >= 0.6 is 0 Å². The Bertz CT molecular complexity index is 713. The van der Waals surface area contributed by atoms with E-state index in [-0.39, 0.29) is 18.7 Å². The molecule has 2 aromatic carbocycles. The quantitative estimate of drug-likeness (QED) is 0.818. The monoisotopic (exact) mass is 327 g/mol. The third-order valence-corrected chi connectivity index (χ3v) is 3.75. The highest BCUT2D eigenvalue weighted by molar-refractivity contribution is 5.85. The topological polar surface area (TPSA) is 75.6 Å². The third-order valence-electron chi connectivity index (χ3n) is 3.75. The highest BCUT2D eigenvalue weighted by atomic mass is 16.5. The van der Waals surface area contributed by atoms with Gasteiger partial charge in [0.05, 0.1) is 13.5 Å². The lowest BCUT2D eigenvalue weighted by Crippen LogP contribution is -2.43. The number of nitrogens with one attached hydrogen (secondary N) is 1. The summed E-state index contributed by atoms with van der Waals surface area (Å²) in [6.07, 6.45) is 0.355. The van der Waals surface area contributed by atoms with Crippen molar-refractivity contribution in [2.45, 2.75) is 25.8 Å². The van der Waals surface area contributed by atoms with Crippen molar-refractivity contribution >= 4 is 11.9 Å². The summed E-state index contributed by atoms with van der Waals surface area (Å²) in [7, 11) is 1.58. The maximum absolute atomic E-state index is 12.2. The zero-order valence-corrected chi connectivity index (χ0v) is 13.8. The first kappa shape index (κ1) is 17.5. The normalized spacial score (nSPS) is 11.6. The van der Waals surface area contributed by atoms with Crippen molar-refractivity contribution in [2.75, 3.05) is 7.11 Å². The molecule has 2 rings (SSSR count).